The summed E-state index contributed by atoms with van der Waals surface area (Å²) in [6, 6.07) is 76.4. The van der Waals surface area contributed by atoms with Crippen molar-refractivity contribution in [1.82, 2.24) is 0 Å². The lowest BCUT2D eigenvalue weighted by Gasteiger charge is -2.22. The summed E-state index contributed by atoms with van der Waals surface area (Å²) < 4.78 is 0. The quantitative estimate of drug-likeness (QED) is 0.155. The summed E-state index contributed by atoms with van der Waals surface area (Å²) in [7, 11) is 0. The van der Waals surface area contributed by atoms with Gasteiger partial charge in [0.2, 0.25) is 0 Å². The van der Waals surface area contributed by atoms with Crippen LogP contribution in [0.4, 0.5) is 0 Å². The second-order valence-corrected chi connectivity index (χ2v) is 16.1. The molecule has 10 aromatic rings. The first-order valence-electron chi connectivity index (χ1n) is 20.0. The molecule has 268 valence electrons. The van der Waals surface area contributed by atoms with Crippen molar-refractivity contribution in [3.63, 3.8) is 0 Å². The van der Waals surface area contributed by atoms with Crippen LogP contribution in [0, 0.1) is 0 Å². The monoisotopic (exact) mass is 724 g/mol. The highest BCUT2D eigenvalue weighted by atomic mass is 14.4. The highest BCUT2D eigenvalue weighted by molar-refractivity contribution is 6.21. The van der Waals surface area contributed by atoms with Crippen molar-refractivity contribution < 1.29 is 0 Å². The molecule has 0 amide bonds. The van der Waals surface area contributed by atoms with Gasteiger partial charge in [0.1, 0.15) is 0 Å². The van der Waals surface area contributed by atoms with E-state index in [0.29, 0.717) is 0 Å². The third-order valence-electron chi connectivity index (χ3n) is 12.4. The van der Waals surface area contributed by atoms with Crippen LogP contribution in [0.3, 0.4) is 0 Å². The molecule has 1 aliphatic carbocycles. The first-order valence-corrected chi connectivity index (χ1v) is 20.0. The van der Waals surface area contributed by atoms with Gasteiger partial charge in [-0.1, -0.05) is 184 Å². The van der Waals surface area contributed by atoms with E-state index in [4.69, 9.17) is 0 Å². The van der Waals surface area contributed by atoms with E-state index in [9.17, 15) is 0 Å². The first-order chi connectivity index (χ1) is 28.0. The zero-order valence-electron chi connectivity index (χ0n) is 32.1. The molecule has 0 N–H and O–H groups in total. The molecule has 0 saturated carbocycles. The minimum atomic E-state index is -0.0701. The van der Waals surface area contributed by atoms with Crippen LogP contribution in [0.25, 0.3) is 99.1 Å². The normalized spacial score (nSPS) is 12.9. The smallest absolute Gasteiger partial charge is 0.0159 e. The molecule has 0 aliphatic heterocycles. The molecular formula is C57H40. The highest BCUT2D eigenvalue weighted by Crippen LogP contribution is 2.52. The number of fused-ring (bicyclic) bond motifs is 6. The lowest BCUT2D eigenvalue weighted by atomic mass is 9.81. The Hall–Kier alpha value is -7.02. The summed E-state index contributed by atoms with van der Waals surface area (Å²) in [5, 5.41) is 7.67. The van der Waals surface area contributed by atoms with Gasteiger partial charge in [-0.2, -0.15) is 0 Å². The molecule has 0 radical (unpaired) electrons. The molecule has 0 saturated heterocycles. The maximum atomic E-state index is 2.47. The summed E-state index contributed by atoms with van der Waals surface area (Å²) in [5.41, 5.74) is 17.8. The summed E-state index contributed by atoms with van der Waals surface area (Å²) in [6.07, 6.45) is 0. The van der Waals surface area contributed by atoms with E-state index in [2.05, 4.69) is 220 Å². The lowest BCUT2D eigenvalue weighted by Crippen LogP contribution is -2.14. The fraction of sp³-hybridized carbons (Fsp3) is 0.0526. The summed E-state index contributed by atoms with van der Waals surface area (Å²) >= 11 is 0. The summed E-state index contributed by atoms with van der Waals surface area (Å²) in [6.45, 7) is 4.75. The van der Waals surface area contributed by atoms with Crippen LogP contribution < -0.4 is 0 Å². The second-order valence-electron chi connectivity index (χ2n) is 16.1. The van der Waals surface area contributed by atoms with E-state index in [-0.39, 0.29) is 5.41 Å². The third-order valence-corrected chi connectivity index (χ3v) is 12.4. The Kier molecular flexibility index (Phi) is 7.63. The molecule has 1 aliphatic rings. The highest BCUT2D eigenvalue weighted by Gasteiger charge is 2.36. The third kappa shape index (κ3) is 5.44. The predicted octanol–water partition coefficient (Wildman–Crippen LogP) is 15.8. The van der Waals surface area contributed by atoms with Gasteiger partial charge in [-0.15, -0.1) is 0 Å². The number of benzene rings is 10. The molecule has 0 atom stereocenters. The van der Waals surface area contributed by atoms with Crippen molar-refractivity contribution in [2.24, 2.45) is 0 Å². The maximum Gasteiger partial charge on any atom is 0.0159 e. The van der Waals surface area contributed by atoms with Crippen molar-refractivity contribution in [2.75, 3.05) is 0 Å². The number of hydrogen-bond donors (Lipinski definition) is 0. The number of rotatable bonds is 5. The predicted molar refractivity (Wildman–Crippen MR) is 244 cm³/mol. The van der Waals surface area contributed by atoms with Crippen LogP contribution in [-0.4, -0.2) is 0 Å². The van der Waals surface area contributed by atoms with Crippen LogP contribution in [0.5, 0.6) is 0 Å². The second kappa shape index (κ2) is 13.0. The average molecular weight is 725 g/mol. The topological polar surface area (TPSA) is 0 Å². The first kappa shape index (κ1) is 33.3. The van der Waals surface area contributed by atoms with Crippen molar-refractivity contribution in [3.05, 3.63) is 217 Å². The number of hydrogen-bond acceptors (Lipinski definition) is 0. The largest absolute Gasteiger partial charge is 0.0622 e. The van der Waals surface area contributed by atoms with Crippen molar-refractivity contribution in [3.8, 4) is 66.8 Å². The van der Waals surface area contributed by atoms with Crippen LogP contribution in [0.15, 0.2) is 206 Å². The molecule has 0 unspecified atom stereocenters. The fourth-order valence-corrected chi connectivity index (χ4v) is 9.56. The van der Waals surface area contributed by atoms with E-state index < -0.39 is 0 Å². The Morgan fingerprint density at radius 2 is 0.649 bits per heavy atom. The Bertz CT molecular complexity index is 3050. The van der Waals surface area contributed by atoms with Crippen molar-refractivity contribution in [2.45, 2.75) is 19.3 Å². The molecule has 0 bridgehead atoms. The van der Waals surface area contributed by atoms with Crippen LogP contribution in [0.1, 0.15) is 25.0 Å². The zero-order valence-corrected chi connectivity index (χ0v) is 32.1. The maximum absolute atomic E-state index is 2.47. The zero-order chi connectivity index (χ0) is 38.1. The van der Waals surface area contributed by atoms with Gasteiger partial charge in [-0.05, 0) is 147 Å². The molecule has 57 heavy (non-hydrogen) atoms. The van der Waals surface area contributed by atoms with Crippen LogP contribution in [0.2, 0.25) is 0 Å². The average Bonchev–Trinajstić information content (AvgIpc) is 3.49. The van der Waals surface area contributed by atoms with Gasteiger partial charge in [-0.25, -0.2) is 0 Å². The molecule has 10 aromatic carbocycles. The standard InChI is InChI=1S/C57H40/c1-57(2)53-30-29-43(35-51(53)52-34-41-19-9-10-20-42(41)36-54(52)57)56-49-23-13-11-21-47(49)55(48-22-12-14-24-50(48)56)40-27-25-39(26-28-40)46-32-44(37-15-5-3-6-16-37)31-45(33-46)38-17-7-4-8-18-38/h3-36H,1-2H3. The Morgan fingerprint density at radius 1 is 0.263 bits per heavy atom. The Morgan fingerprint density at radius 3 is 1.18 bits per heavy atom. The van der Waals surface area contributed by atoms with Gasteiger partial charge in [0, 0.05) is 5.41 Å². The molecular weight excluding hydrogens is 685 g/mol. The molecule has 11 rings (SSSR count). The molecule has 0 spiro atoms. The molecule has 0 aromatic heterocycles. The van der Waals surface area contributed by atoms with Gasteiger partial charge < -0.3 is 0 Å². The molecule has 0 heteroatoms. The molecule has 0 heterocycles. The summed E-state index contributed by atoms with van der Waals surface area (Å²) in [5.74, 6) is 0. The van der Waals surface area contributed by atoms with E-state index in [1.54, 1.807) is 0 Å². The van der Waals surface area contributed by atoms with Crippen LogP contribution in [-0.2, 0) is 5.41 Å². The van der Waals surface area contributed by atoms with Gasteiger partial charge in [0.25, 0.3) is 0 Å². The van der Waals surface area contributed by atoms with Crippen LogP contribution >= 0.6 is 0 Å². The van der Waals surface area contributed by atoms with Gasteiger partial charge in [-0.3, -0.25) is 0 Å². The lowest BCUT2D eigenvalue weighted by molar-refractivity contribution is 0.661. The van der Waals surface area contributed by atoms with Gasteiger partial charge in [0.05, 0.1) is 0 Å². The molecule has 0 nitrogen and oxygen atoms in total. The minimum absolute atomic E-state index is 0.0701. The molecule has 0 fully saturated rings. The van der Waals surface area contributed by atoms with Crippen molar-refractivity contribution in [1.29, 1.82) is 0 Å². The van der Waals surface area contributed by atoms with E-state index in [1.165, 1.54) is 110 Å². The summed E-state index contributed by atoms with van der Waals surface area (Å²) in [4.78, 5) is 0. The van der Waals surface area contributed by atoms with E-state index in [1.807, 2.05) is 0 Å². The van der Waals surface area contributed by atoms with E-state index in [0.717, 1.165) is 0 Å². The van der Waals surface area contributed by atoms with Gasteiger partial charge in [0.15, 0.2) is 0 Å². The fourth-order valence-electron chi connectivity index (χ4n) is 9.56. The van der Waals surface area contributed by atoms with Gasteiger partial charge >= 0.3 is 0 Å². The Balaban J connectivity index is 1.06. The van der Waals surface area contributed by atoms with Crippen molar-refractivity contribution >= 4 is 32.3 Å². The Labute approximate surface area is 334 Å². The minimum Gasteiger partial charge on any atom is -0.0622 e. The SMILES string of the molecule is CC1(C)c2ccc(-c3c4ccccc4c(-c4ccc(-c5cc(-c6ccccc6)cc(-c6ccccc6)c5)cc4)c4ccccc34)cc2-c2cc3ccccc3cc21. The van der Waals surface area contributed by atoms with E-state index >= 15 is 0 Å².